The number of carboxylic acids is 1. The van der Waals surface area contributed by atoms with Crippen molar-refractivity contribution >= 4 is 17.6 Å². The third-order valence-electron chi connectivity index (χ3n) is 3.10. The van der Waals surface area contributed by atoms with E-state index in [1.54, 1.807) is 9.80 Å². The summed E-state index contributed by atoms with van der Waals surface area (Å²) in [5.41, 5.74) is 0.812. The monoisotopic (exact) mass is 294 g/mol. The molecule has 1 aromatic rings. The minimum absolute atomic E-state index is 0.0509. The molecule has 21 heavy (non-hydrogen) atoms. The molecule has 0 radical (unpaired) electrons. The van der Waals surface area contributed by atoms with E-state index >= 15 is 0 Å². The number of hydrogen-bond acceptors (Lipinski definition) is 4. The molecule has 0 heterocycles. The van der Waals surface area contributed by atoms with Gasteiger partial charge in [-0.1, -0.05) is 18.2 Å². The number of carboxylic acid groups (broad SMARTS) is 1. The smallest absolute Gasteiger partial charge is 0.304 e. The van der Waals surface area contributed by atoms with Crippen LogP contribution < -0.4 is 4.90 Å². The lowest BCUT2D eigenvalue weighted by atomic mass is 10.2. The number of carbonyl (C=O) groups is 2. The summed E-state index contributed by atoms with van der Waals surface area (Å²) >= 11 is 0. The van der Waals surface area contributed by atoms with Crippen molar-refractivity contribution in [1.82, 2.24) is 4.90 Å². The fourth-order valence-corrected chi connectivity index (χ4v) is 2.05. The molecule has 0 spiro atoms. The van der Waals surface area contributed by atoms with Gasteiger partial charge in [0, 0.05) is 25.3 Å². The van der Waals surface area contributed by atoms with Crippen LogP contribution in [0, 0.1) is 0 Å². The molecule has 0 bridgehead atoms. The highest BCUT2D eigenvalue weighted by Crippen LogP contribution is 2.13. The van der Waals surface area contributed by atoms with Crippen LogP contribution in [0.3, 0.4) is 0 Å². The standard InChI is InChI=1S/C15H22N2O4/c1-2-17(13-6-4-3-5-7-13)14(19)12-16(10-11-18)9-8-15(20)21/h3-7,18H,2,8-12H2,1H3,(H,20,21). The minimum atomic E-state index is -0.916. The van der Waals surface area contributed by atoms with Gasteiger partial charge in [-0.25, -0.2) is 0 Å². The van der Waals surface area contributed by atoms with Gasteiger partial charge in [-0.15, -0.1) is 0 Å². The predicted octanol–water partition coefficient (Wildman–Crippen LogP) is 0.808. The van der Waals surface area contributed by atoms with Gasteiger partial charge < -0.3 is 15.1 Å². The number of hydrogen-bond donors (Lipinski definition) is 2. The number of amides is 1. The number of benzene rings is 1. The van der Waals surface area contributed by atoms with Crippen LogP contribution >= 0.6 is 0 Å². The van der Waals surface area contributed by atoms with Crippen molar-refractivity contribution in [3.05, 3.63) is 30.3 Å². The molecule has 6 heteroatoms. The summed E-state index contributed by atoms with van der Waals surface area (Å²) in [5, 5.41) is 17.7. The van der Waals surface area contributed by atoms with E-state index in [-0.39, 0.29) is 38.6 Å². The molecule has 0 unspecified atom stereocenters. The van der Waals surface area contributed by atoms with Gasteiger partial charge in [-0.2, -0.15) is 0 Å². The Balaban J connectivity index is 2.67. The second-order valence-corrected chi connectivity index (χ2v) is 4.62. The zero-order valence-corrected chi connectivity index (χ0v) is 12.2. The summed E-state index contributed by atoms with van der Waals surface area (Å²) in [6.07, 6.45) is -0.0509. The third kappa shape index (κ3) is 5.93. The van der Waals surface area contributed by atoms with Crippen LogP contribution in [-0.4, -0.2) is 59.8 Å². The van der Waals surface area contributed by atoms with E-state index in [1.165, 1.54) is 0 Å². The maximum absolute atomic E-state index is 12.4. The highest BCUT2D eigenvalue weighted by atomic mass is 16.4. The van der Waals surface area contributed by atoms with Gasteiger partial charge in [0.05, 0.1) is 19.6 Å². The lowest BCUT2D eigenvalue weighted by Crippen LogP contribution is -2.42. The van der Waals surface area contributed by atoms with E-state index in [1.807, 2.05) is 37.3 Å². The molecule has 0 atom stereocenters. The lowest BCUT2D eigenvalue weighted by molar-refractivity contribution is -0.137. The fourth-order valence-electron chi connectivity index (χ4n) is 2.05. The minimum Gasteiger partial charge on any atom is -0.481 e. The van der Waals surface area contributed by atoms with Crippen LogP contribution in [0.1, 0.15) is 13.3 Å². The first-order valence-electron chi connectivity index (χ1n) is 6.99. The molecule has 1 amide bonds. The molecule has 6 nitrogen and oxygen atoms in total. The van der Waals surface area contributed by atoms with Crippen LogP contribution in [0.4, 0.5) is 5.69 Å². The van der Waals surface area contributed by atoms with E-state index in [9.17, 15) is 9.59 Å². The number of aliphatic hydroxyl groups is 1. The first kappa shape index (κ1) is 17.1. The molecule has 2 N–H and O–H groups in total. The van der Waals surface area contributed by atoms with Crippen LogP contribution in [0.2, 0.25) is 0 Å². The van der Waals surface area contributed by atoms with Gasteiger partial charge >= 0.3 is 5.97 Å². The van der Waals surface area contributed by atoms with E-state index in [0.717, 1.165) is 5.69 Å². The van der Waals surface area contributed by atoms with Gasteiger partial charge in [-0.3, -0.25) is 14.5 Å². The van der Waals surface area contributed by atoms with Crippen molar-refractivity contribution in [1.29, 1.82) is 0 Å². The van der Waals surface area contributed by atoms with E-state index < -0.39 is 5.97 Å². The number of anilines is 1. The van der Waals surface area contributed by atoms with E-state index in [4.69, 9.17) is 10.2 Å². The Labute approximate surface area is 124 Å². The molecular formula is C15H22N2O4. The number of nitrogens with zero attached hydrogens (tertiary/aromatic N) is 2. The highest BCUT2D eigenvalue weighted by molar-refractivity contribution is 5.94. The number of carbonyl (C=O) groups excluding carboxylic acids is 1. The van der Waals surface area contributed by atoms with E-state index in [2.05, 4.69) is 0 Å². The molecule has 0 aliphatic heterocycles. The molecular weight excluding hydrogens is 272 g/mol. The average molecular weight is 294 g/mol. The predicted molar refractivity (Wildman–Crippen MR) is 80.2 cm³/mol. The zero-order valence-electron chi connectivity index (χ0n) is 12.2. The first-order chi connectivity index (χ1) is 10.1. The fraction of sp³-hybridized carbons (Fsp3) is 0.467. The number of aliphatic hydroxyl groups excluding tert-OH is 1. The van der Waals surface area contributed by atoms with Gasteiger partial charge in [0.25, 0.3) is 0 Å². The number of aliphatic carboxylic acids is 1. The van der Waals surface area contributed by atoms with Crippen molar-refractivity contribution < 1.29 is 19.8 Å². The normalized spacial score (nSPS) is 10.6. The van der Waals surface area contributed by atoms with Crippen molar-refractivity contribution in [3.8, 4) is 0 Å². The summed E-state index contributed by atoms with van der Waals surface area (Å²) < 4.78 is 0. The van der Waals surface area contributed by atoms with Gasteiger partial charge in [0.2, 0.25) is 5.91 Å². The molecule has 0 saturated carbocycles. The summed E-state index contributed by atoms with van der Waals surface area (Å²) in [6, 6.07) is 9.32. The average Bonchev–Trinajstić information content (AvgIpc) is 2.47. The molecule has 116 valence electrons. The van der Waals surface area contributed by atoms with Crippen molar-refractivity contribution in [2.75, 3.05) is 37.7 Å². The molecule has 0 fully saturated rings. The number of likely N-dealkylation sites (N-methyl/N-ethyl adjacent to an activating group) is 1. The van der Waals surface area contributed by atoms with E-state index in [0.29, 0.717) is 6.54 Å². The Kier molecular flexibility index (Phi) is 7.42. The van der Waals surface area contributed by atoms with Crippen LogP contribution in [0.25, 0.3) is 0 Å². The van der Waals surface area contributed by atoms with Crippen molar-refractivity contribution in [3.63, 3.8) is 0 Å². The van der Waals surface area contributed by atoms with Gasteiger partial charge in [0.15, 0.2) is 0 Å². The van der Waals surface area contributed by atoms with Crippen molar-refractivity contribution in [2.24, 2.45) is 0 Å². The Morgan fingerprint density at radius 3 is 2.33 bits per heavy atom. The molecule has 1 rings (SSSR count). The summed E-state index contributed by atoms with van der Waals surface area (Å²) in [4.78, 5) is 26.3. The second-order valence-electron chi connectivity index (χ2n) is 4.62. The maximum atomic E-state index is 12.4. The quantitative estimate of drug-likeness (QED) is 0.704. The Bertz CT molecular complexity index is 450. The highest BCUT2D eigenvalue weighted by Gasteiger charge is 2.17. The van der Waals surface area contributed by atoms with Gasteiger partial charge in [-0.05, 0) is 19.1 Å². The second kappa shape index (κ2) is 9.10. The summed E-state index contributed by atoms with van der Waals surface area (Å²) in [6.45, 7) is 2.94. The largest absolute Gasteiger partial charge is 0.481 e. The Morgan fingerprint density at radius 1 is 1.14 bits per heavy atom. The lowest BCUT2D eigenvalue weighted by Gasteiger charge is -2.26. The summed E-state index contributed by atoms with van der Waals surface area (Å²) in [7, 11) is 0. The summed E-state index contributed by atoms with van der Waals surface area (Å²) in [5.74, 6) is -1.02. The van der Waals surface area contributed by atoms with Crippen LogP contribution in [0.15, 0.2) is 30.3 Å². The molecule has 0 saturated heterocycles. The molecule has 1 aromatic carbocycles. The number of para-hydroxylation sites is 1. The molecule has 0 aromatic heterocycles. The third-order valence-corrected chi connectivity index (χ3v) is 3.10. The molecule has 0 aliphatic carbocycles. The zero-order chi connectivity index (χ0) is 15.7. The Hall–Kier alpha value is -1.92. The topological polar surface area (TPSA) is 81.1 Å². The van der Waals surface area contributed by atoms with Crippen molar-refractivity contribution in [2.45, 2.75) is 13.3 Å². The SMILES string of the molecule is CCN(C(=O)CN(CCO)CCC(=O)O)c1ccccc1. The first-order valence-corrected chi connectivity index (χ1v) is 6.99. The Morgan fingerprint density at radius 2 is 1.81 bits per heavy atom. The number of rotatable bonds is 9. The van der Waals surface area contributed by atoms with Crippen LogP contribution in [0.5, 0.6) is 0 Å². The maximum Gasteiger partial charge on any atom is 0.304 e. The van der Waals surface area contributed by atoms with Gasteiger partial charge in [0.1, 0.15) is 0 Å². The molecule has 0 aliphatic rings. The van der Waals surface area contributed by atoms with Crippen LogP contribution in [-0.2, 0) is 9.59 Å².